The smallest absolute Gasteiger partial charge is 0.349 e. The number of benzene rings is 1. The first-order chi connectivity index (χ1) is 10.6. The van der Waals surface area contributed by atoms with E-state index in [1.54, 1.807) is 31.2 Å². The SMILES string of the molecule is Cc1cc2c(c(=O)[nH]1)C(=O)OC2=Cc1ccc2c(c1)OCO2. The second-order valence-electron chi connectivity index (χ2n) is 5.08. The first-order valence-electron chi connectivity index (χ1n) is 6.69. The molecule has 0 saturated carbocycles. The summed E-state index contributed by atoms with van der Waals surface area (Å²) in [7, 11) is 0. The highest BCUT2D eigenvalue weighted by Crippen LogP contribution is 2.35. The number of ether oxygens (including phenoxy) is 3. The minimum absolute atomic E-state index is 0.0394. The highest BCUT2D eigenvalue weighted by molar-refractivity contribution is 6.05. The van der Waals surface area contributed by atoms with Gasteiger partial charge in [-0.2, -0.15) is 0 Å². The standard InChI is InChI=1S/C16H11NO5/c1-8-4-10-12(22-16(19)14(10)15(18)17-8)5-9-2-3-11-13(6-9)21-7-20-11/h2-6H,7H2,1H3,(H,17,18). The zero-order chi connectivity index (χ0) is 15.3. The monoisotopic (exact) mass is 297 g/mol. The van der Waals surface area contributed by atoms with Gasteiger partial charge in [-0.25, -0.2) is 4.79 Å². The van der Waals surface area contributed by atoms with Crippen LogP contribution in [0.2, 0.25) is 0 Å². The van der Waals surface area contributed by atoms with Crippen molar-refractivity contribution in [1.82, 2.24) is 4.98 Å². The molecule has 0 unspecified atom stereocenters. The number of nitrogens with one attached hydrogen (secondary N) is 1. The summed E-state index contributed by atoms with van der Waals surface area (Å²) >= 11 is 0. The fraction of sp³-hybridized carbons (Fsp3) is 0.125. The zero-order valence-corrected chi connectivity index (χ0v) is 11.6. The van der Waals surface area contributed by atoms with E-state index in [2.05, 4.69) is 4.98 Å². The van der Waals surface area contributed by atoms with Crippen molar-refractivity contribution in [2.24, 2.45) is 0 Å². The maximum Gasteiger partial charge on any atom is 0.349 e. The van der Waals surface area contributed by atoms with Gasteiger partial charge in [0, 0.05) is 11.3 Å². The van der Waals surface area contributed by atoms with E-state index in [0.717, 1.165) is 5.56 Å². The number of carbonyl (C=O) groups is 1. The topological polar surface area (TPSA) is 77.6 Å². The molecule has 6 heteroatoms. The molecule has 2 aliphatic rings. The van der Waals surface area contributed by atoms with E-state index in [-0.39, 0.29) is 12.4 Å². The van der Waals surface area contributed by atoms with Crippen LogP contribution < -0.4 is 15.0 Å². The van der Waals surface area contributed by atoms with Crippen LogP contribution in [0.25, 0.3) is 11.8 Å². The molecule has 1 aromatic carbocycles. The fourth-order valence-electron chi connectivity index (χ4n) is 2.55. The number of fused-ring (bicyclic) bond motifs is 2. The summed E-state index contributed by atoms with van der Waals surface area (Å²) < 4.78 is 15.8. The first-order valence-corrected chi connectivity index (χ1v) is 6.69. The number of aromatic amines is 1. The predicted molar refractivity (Wildman–Crippen MR) is 77.7 cm³/mol. The van der Waals surface area contributed by atoms with Crippen LogP contribution in [-0.4, -0.2) is 17.7 Å². The molecule has 0 spiro atoms. The van der Waals surface area contributed by atoms with Crippen molar-refractivity contribution in [2.75, 3.05) is 6.79 Å². The molecule has 0 bridgehead atoms. The van der Waals surface area contributed by atoms with Crippen molar-refractivity contribution in [3.05, 3.63) is 57.0 Å². The number of aryl methyl sites for hydroxylation is 1. The Labute approximate surface area is 124 Å². The molecular weight excluding hydrogens is 286 g/mol. The number of carbonyl (C=O) groups excluding carboxylic acids is 1. The molecule has 4 rings (SSSR count). The lowest BCUT2D eigenvalue weighted by Crippen LogP contribution is -2.16. The number of H-pyrrole nitrogens is 1. The van der Waals surface area contributed by atoms with Gasteiger partial charge in [0.2, 0.25) is 6.79 Å². The summed E-state index contributed by atoms with van der Waals surface area (Å²) in [5.41, 5.74) is 1.56. The molecule has 0 amide bonds. The van der Waals surface area contributed by atoms with Crippen LogP contribution >= 0.6 is 0 Å². The summed E-state index contributed by atoms with van der Waals surface area (Å²) in [6.07, 6.45) is 1.70. The maximum absolute atomic E-state index is 11.9. The Bertz CT molecular complexity index is 894. The Balaban J connectivity index is 1.82. The molecule has 2 aromatic rings. The number of esters is 1. The zero-order valence-electron chi connectivity index (χ0n) is 11.6. The Morgan fingerprint density at radius 3 is 2.82 bits per heavy atom. The van der Waals surface area contributed by atoms with Crippen molar-refractivity contribution in [3.8, 4) is 11.5 Å². The van der Waals surface area contributed by atoms with Gasteiger partial charge in [0.1, 0.15) is 11.3 Å². The van der Waals surface area contributed by atoms with Gasteiger partial charge in [0.25, 0.3) is 5.56 Å². The van der Waals surface area contributed by atoms with Crippen molar-refractivity contribution in [1.29, 1.82) is 0 Å². The van der Waals surface area contributed by atoms with E-state index in [4.69, 9.17) is 14.2 Å². The highest BCUT2D eigenvalue weighted by atomic mass is 16.7. The van der Waals surface area contributed by atoms with E-state index >= 15 is 0 Å². The fourth-order valence-corrected chi connectivity index (χ4v) is 2.55. The van der Waals surface area contributed by atoms with E-state index in [1.807, 2.05) is 6.07 Å². The van der Waals surface area contributed by atoms with Crippen LogP contribution in [0.4, 0.5) is 0 Å². The number of pyridine rings is 1. The van der Waals surface area contributed by atoms with E-state index < -0.39 is 11.5 Å². The second kappa shape index (κ2) is 4.49. The molecule has 2 aliphatic heterocycles. The van der Waals surface area contributed by atoms with Crippen LogP contribution in [0.1, 0.15) is 27.2 Å². The Kier molecular flexibility index (Phi) is 2.59. The van der Waals surface area contributed by atoms with Gasteiger partial charge in [0.15, 0.2) is 11.5 Å². The van der Waals surface area contributed by atoms with Gasteiger partial charge in [0.05, 0.1) is 0 Å². The average molecular weight is 297 g/mol. The summed E-state index contributed by atoms with van der Waals surface area (Å²) in [5.74, 6) is 1.04. The quantitative estimate of drug-likeness (QED) is 0.815. The molecule has 1 N–H and O–H groups in total. The van der Waals surface area contributed by atoms with Crippen LogP contribution in [0, 0.1) is 6.92 Å². The van der Waals surface area contributed by atoms with E-state index in [9.17, 15) is 9.59 Å². The van der Waals surface area contributed by atoms with E-state index in [1.165, 1.54) is 0 Å². The first kappa shape index (κ1) is 12.7. The lowest BCUT2D eigenvalue weighted by molar-refractivity contribution is 0.0715. The minimum Gasteiger partial charge on any atom is -0.454 e. The normalized spacial score (nSPS) is 16.8. The van der Waals surface area contributed by atoms with Crippen LogP contribution in [0.5, 0.6) is 11.5 Å². The molecule has 0 atom stereocenters. The third kappa shape index (κ3) is 1.88. The third-order valence-electron chi connectivity index (χ3n) is 3.53. The van der Waals surface area contributed by atoms with Crippen LogP contribution in [0.3, 0.4) is 0 Å². The Morgan fingerprint density at radius 1 is 1.14 bits per heavy atom. The van der Waals surface area contributed by atoms with Gasteiger partial charge in [-0.3, -0.25) is 4.79 Å². The summed E-state index contributed by atoms with van der Waals surface area (Å²) in [4.78, 5) is 26.3. The van der Waals surface area contributed by atoms with Crippen LogP contribution in [-0.2, 0) is 4.74 Å². The minimum atomic E-state index is -0.636. The molecule has 3 heterocycles. The lowest BCUT2D eigenvalue weighted by atomic mass is 10.1. The van der Waals surface area contributed by atoms with Gasteiger partial charge >= 0.3 is 5.97 Å². The third-order valence-corrected chi connectivity index (χ3v) is 3.53. The maximum atomic E-state index is 11.9. The molecule has 22 heavy (non-hydrogen) atoms. The molecule has 1 aromatic heterocycles. The number of aromatic nitrogens is 1. The molecule has 6 nitrogen and oxygen atoms in total. The summed E-state index contributed by atoms with van der Waals surface area (Å²) in [5, 5.41) is 0. The molecule has 0 saturated heterocycles. The molecule has 0 fully saturated rings. The van der Waals surface area contributed by atoms with Crippen molar-refractivity contribution in [2.45, 2.75) is 6.92 Å². The lowest BCUT2D eigenvalue weighted by Gasteiger charge is -2.01. The molecule has 0 radical (unpaired) electrons. The average Bonchev–Trinajstić information content (AvgIpc) is 3.03. The number of hydrogen-bond donors (Lipinski definition) is 1. The van der Waals surface area contributed by atoms with Gasteiger partial charge in [-0.1, -0.05) is 6.07 Å². The molecule has 110 valence electrons. The van der Waals surface area contributed by atoms with Gasteiger partial charge in [-0.05, 0) is 36.8 Å². The number of rotatable bonds is 1. The van der Waals surface area contributed by atoms with E-state index in [0.29, 0.717) is 28.5 Å². The Morgan fingerprint density at radius 2 is 1.95 bits per heavy atom. The summed E-state index contributed by atoms with van der Waals surface area (Å²) in [6, 6.07) is 7.13. The van der Waals surface area contributed by atoms with Crippen molar-refractivity contribution >= 4 is 17.8 Å². The second-order valence-corrected chi connectivity index (χ2v) is 5.08. The van der Waals surface area contributed by atoms with Crippen LogP contribution in [0.15, 0.2) is 29.1 Å². The molecular formula is C16H11NO5. The van der Waals surface area contributed by atoms with Gasteiger partial charge < -0.3 is 19.2 Å². The predicted octanol–water partition coefficient (Wildman–Crippen LogP) is 2.08. The Hall–Kier alpha value is -3.02. The highest BCUT2D eigenvalue weighted by Gasteiger charge is 2.30. The van der Waals surface area contributed by atoms with Crippen molar-refractivity contribution < 1.29 is 19.0 Å². The van der Waals surface area contributed by atoms with Crippen molar-refractivity contribution in [3.63, 3.8) is 0 Å². The summed E-state index contributed by atoms with van der Waals surface area (Å²) in [6.45, 7) is 1.95. The number of cyclic esters (lactones) is 1. The number of hydrogen-bond acceptors (Lipinski definition) is 5. The molecule has 0 aliphatic carbocycles. The van der Waals surface area contributed by atoms with Gasteiger partial charge in [-0.15, -0.1) is 0 Å². The largest absolute Gasteiger partial charge is 0.454 e.